The second-order valence-electron chi connectivity index (χ2n) is 4.47. The number of carbonyl (C=O) groups is 1. The third kappa shape index (κ3) is 2.67. The summed E-state index contributed by atoms with van der Waals surface area (Å²) in [7, 11) is 0. The molecule has 1 amide bonds. The molecule has 19 heavy (non-hydrogen) atoms. The van der Waals surface area contributed by atoms with Gasteiger partial charge >= 0.3 is 0 Å². The zero-order valence-electron chi connectivity index (χ0n) is 10.3. The summed E-state index contributed by atoms with van der Waals surface area (Å²) in [5, 5.41) is 21.5. The van der Waals surface area contributed by atoms with Gasteiger partial charge in [0.2, 0.25) is 5.91 Å². The van der Waals surface area contributed by atoms with Gasteiger partial charge in [-0.3, -0.25) is 4.79 Å². The van der Waals surface area contributed by atoms with Crippen LogP contribution in [0.1, 0.15) is 18.1 Å². The van der Waals surface area contributed by atoms with E-state index in [1.54, 1.807) is 18.2 Å². The topological polar surface area (TPSA) is 110 Å². The Morgan fingerprint density at radius 2 is 1.74 bits per heavy atom. The molecule has 2 aromatic rings. The number of benzene rings is 2. The number of anilines is 1. The molecule has 0 saturated carbocycles. The molecule has 6 N–H and O–H groups in total. The molecule has 0 spiro atoms. The lowest BCUT2D eigenvalue weighted by Crippen LogP contribution is -2.25. The van der Waals surface area contributed by atoms with Crippen LogP contribution in [0.2, 0.25) is 0 Å². The molecule has 0 aliphatic carbocycles. The standard InChI is InChI=1S/C14H16N2O3/c15-11-6-5-10(8-3-1-2-4-9(8)11)14(19)12(17)7-13(16)18/h1-6,12,14,17,19H,7,15H2,(H2,16,18). The fourth-order valence-corrected chi connectivity index (χ4v) is 2.13. The predicted molar refractivity (Wildman–Crippen MR) is 73.1 cm³/mol. The average molecular weight is 260 g/mol. The monoisotopic (exact) mass is 260 g/mol. The summed E-state index contributed by atoms with van der Waals surface area (Å²) in [6, 6.07) is 10.6. The Balaban J connectivity index is 2.45. The zero-order chi connectivity index (χ0) is 14.0. The van der Waals surface area contributed by atoms with Gasteiger partial charge in [-0.15, -0.1) is 0 Å². The van der Waals surface area contributed by atoms with Gasteiger partial charge in [0.15, 0.2) is 0 Å². The van der Waals surface area contributed by atoms with E-state index >= 15 is 0 Å². The Morgan fingerprint density at radius 1 is 1.11 bits per heavy atom. The first-order chi connectivity index (χ1) is 9.00. The Hall–Kier alpha value is -2.11. The number of primary amides is 1. The Bertz CT molecular complexity index is 613. The van der Waals surface area contributed by atoms with E-state index in [0.29, 0.717) is 11.3 Å². The number of hydrogen-bond donors (Lipinski definition) is 4. The first-order valence-corrected chi connectivity index (χ1v) is 5.92. The van der Waals surface area contributed by atoms with Crippen LogP contribution in [0.25, 0.3) is 10.8 Å². The van der Waals surface area contributed by atoms with Gasteiger partial charge in [-0.25, -0.2) is 0 Å². The minimum atomic E-state index is -1.23. The van der Waals surface area contributed by atoms with Gasteiger partial charge in [-0.2, -0.15) is 0 Å². The van der Waals surface area contributed by atoms with Gasteiger partial charge in [-0.05, 0) is 17.0 Å². The van der Waals surface area contributed by atoms with Crippen LogP contribution in [-0.2, 0) is 4.79 Å². The molecule has 2 atom stereocenters. The van der Waals surface area contributed by atoms with Crippen LogP contribution in [0.15, 0.2) is 36.4 Å². The van der Waals surface area contributed by atoms with Gasteiger partial charge in [0.1, 0.15) is 6.10 Å². The fraction of sp³-hybridized carbons (Fsp3) is 0.214. The molecule has 0 aliphatic rings. The van der Waals surface area contributed by atoms with Crippen molar-refractivity contribution in [3.63, 3.8) is 0 Å². The number of aliphatic hydroxyl groups excluding tert-OH is 2. The molecule has 0 saturated heterocycles. The van der Waals surface area contributed by atoms with Crippen LogP contribution in [0.3, 0.4) is 0 Å². The lowest BCUT2D eigenvalue weighted by atomic mass is 9.95. The van der Waals surface area contributed by atoms with Crippen molar-refractivity contribution < 1.29 is 15.0 Å². The highest BCUT2D eigenvalue weighted by molar-refractivity contribution is 5.95. The fourth-order valence-electron chi connectivity index (χ4n) is 2.13. The summed E-state index contributed by atoms with van der Waals surface area (Å²) >= 11 is 0. The van der Waals surface area contributed by atoms with E-state index in [-0.39, 0.29) is 6.42 Å². The van der Waals surface area contributed by atoms with Crippen molar-refractivity contribution in [2.24, 2.45) is 5.73 Å². The van der Waals surface area contributed by atoms with E-state index in [1.807, 2.05) is 18.2 Å². The predicted octanol–water partition coefficient (Wildman–Crippen LogP) is 0.692. The number of carbonyl (C=O) groups excluding carboxylic acids is 1. The highest BCUT2D eigenvalue weighted by atomic mass is 16.3. The largest absolute Gasteiger partial charge is 0.398 e. The van der Waals surface area contributed by atoms with Crippen molar-refractivity contribution in [3.8, 4) is 0 Å². The molecule has 2 aromatic carbocycles. The second-order valence-corrected chi connectivity index (χ2v) is 4.47. The molecule has 5 nitrogen and oxygen atoms in total. The van der Waals surface area contributed by atoms with Crippen LogP contribution in [0.4, 0.5) is 5.69 Å². The maximum Gasteiger partial charge on any atom is 0.220 e. The number of rotatable bonds is 4. The van der Waals surface area contributed by atoms with Crippen LogP contribution in [0, 0.1) is 0 Å². The molecule has 2 rings (SSSR count). The van der Waals surface area contributed by atoms with Crippen molar-refractivity contribution in [2.75, 3.05) is 5.73 Å². The highest BCUT2D eigenvalue weighted by Gasteiger charge is 2.22. The number of hydrogen-bond acceptors (Lipinski definition) is 4. The Morgan fingerprint density at radius 3 is 2.37 bits per heavy atom. The average Bonchev–Trinajstić information content (AvgIpc) is 2.38. The maximum atomic E-state index is 10.8. The van der Waals surface area contributed by atoms with E-state index < -0.39 is 18.1 Å². The summed E-state index contributed by atoms with van der Waals surface area (Å²) < 4.78 is 0. The smallest absolute Gasteiger partial charge is 0.220 e. The molecule has 100 valence electrons. The molecule has 0 fully saturated rings. The lowest BCUT2D eigenvalue weighted by molar-refractivity contribution is -0.121. The van der Waals surface area contributed by atoms with E-state index in [9.17, 15) is 15.0 Å². The molecule has 0 heterocycles. The number of nitrogens with two attached hydrogens (primary N) is 2. The van der Waals surface area contributed by atoms with Gasteiger partial charge < -0.3 is 21.7 Å². The molecule has 0 aliphatic heterocycles. The van der Waals surface area contributed by atoms with Gasteiger partial charge in [-0.1, -0.05) is 30.3 Å². The van der Waals surface area contributed by atoms with Crippen molar-refractivity contribution in [1.29, 1.82) is 0 Å². The molecule has 2 unspecified atom stereocenters. The van der Waals surface area contributed by atoms with E-state index in [1.165, 1.54) is 0 Å². The minimum Gasteiger partial charge on any atom is -0.398 e. The van der Waals surface area contributed by atoms with Gasteiger partial charge in [0.25, 0.3) is 0 Å². The van der Waals surface area contributed by atoms with E-state index in [2.05, 4.69) is 0 Å². The summed E-state index contributed by atoms with van der Waals surface area (Å²) in [5.74, 6) is -0.661. The van der Waals surface area contributed by atoms with E-state index in [0.717, 1.165) is 10.8 Å². The lowest BCUT2D eigenvalue weighted by Gasteiger charge is -2.19. The Labute approximate surface area is 110 Å². The first kappa shape index (κ1) is 13.3. The van der Waals surface area contributed by atoms with Crippen molar-refractivity contribution in [1.82, 2.24) is 0 Å². The molecule has 0 bridgehead atoms. The first-order valence-electron chi connectivity index (χ1n) is 5.92. The molecular formula is C14H16N2O3. The number of nitrogen functional groups attached to an aromatic ring is 1. The summed E-state index contributed by atoms with van der Waals surface area (Å²) in [6.07, 6.45) is -2.71. The van der Waals surface area contributed by atoms with Gasteiger partial charge in [0, 0.05) is 11.1 Å². The quantitative estimate of drug-likeness (QED) is 0.606. The van der Waals surface area contributed by atoms with Crippen molar-refractivity contribution in [2.45, 2.75) is 18.6 Å². The van der Waals surface area contributed by atoms with Crippen molar-refractivity contribution in [3.05, 3.63) is 42.0 Å². The normalized spacial score (nSPS) is 14.2. The third-order valence-electron chi connectivity index (χ3n) is 3.08. The van der Waals surface area contributed by atoms with E-state index in [4.69, 9.17) is 11.5 Å². The van der Waals surface area contributed by atoms with Crippen molar-refractivity contribution >= 4 is 22.4 Å². The minimum absolute atomic E-state index is 0.292. The Kier molecular flexibility index (Phi) is 3.69. The molecule has 5 heteroatoms. The van der Waals surface area contributed by atoms with Crippen LogP contribution in [0.5, 0.6) is 0 Å². The zero-order valence-corrected chi connectivity index (χ0v) is 10.3. The number of amides is 1. The third-order valence-corrected chi connectivity index (χ3v) is 3.08. The summed E-state index contributed by atoms with van der Waals surface area (Å²) in [4.78, 5) is 10.8. The molecule has 0 aromatic heterocycles. The molecule has 0 radical (unpaired) electrons. The van der Waals surface area contributed by atoms with Gasteiger partial charge in [0.05, 0.1) is 12.5 Å². The molecular weight excluding hydrogens is 244 g/mol. The summed E-state index contributed by atoms with van der Waals surface area (Å²) in [5.41, 5.74) is 12.0. The number of fused-ring (bicyclic) bond motifs is 1. The second kappa shape index (κ2) is 5.26. The van der Waals surface area contributed by atoms with Crippen LogP contribution in [-0.4, -0.2) is 22.2 Å². The highest BCUT2D eigenvalue weighted by Crippen LogP contribution is 2.30. The summed E-state index contributed by atoms with van der Waals surface area (Å²) in [6.45, 7) is 0. The van der Waals surface area contributed by atoms with Crippen LogP contribution < -0.4 is 11.5 Å². The van der Waals surface area contributed by atoms with Crippen LogP contribution >= 0.6 is 0 Å². The maximum absolute atomic E-state index is 10.8. The number of aliphatic hydroxyl groups is 2. The SMILES string of the molecule is NC(=O)CC(O)C(O)c1ccc(N)c2ccccc12.